The quantitative estimate of drug-likeness (QED) is 0.629. The van der Waals surface area contributed by atoms with Gasteiger partial charge in [0.05, 0.1) is 12.3 Å². The minimum atomic E-state index is 0.0456. The van der Waals surface area contributed by atoms with Gasteiger partial charge in [-0.2, -0.15) is 0 Å². The summed E-state index contributed by atoms with van der Waals surface area (Å²) in [5, 5.41) is 7.23. The molecular formula is C19H27Cl2N3O2S. The average Bonchev–Trinajstić information content (AvgIpc) is 2.63. The van der Waals surface area contributed by atoms with Gasteiger partial charge in [0.2, 0.25) is 11.8 Å². The average molecular weight is 432 g/mol. The number of halogens is 2. The number of piperidine rings is 1. The fourth-order valence-corrected chi connectivity index (χ4v) is 4.32. The lowest BCUT2D eigenvalue weighted by atomic mass is 10.1. The number of nitrogens with one attached hydrogen (secondary N) is 2. The maximum absolute atomic E-state index is 12.2. The third-order valence-corrected chi connectivity index (χ3v) is 5.97. The second-order valence-corrected chi connectivity index (χ2v) is 8.53. The molecule has 5 nitrogen and oxygen atoms in total. The van der Waals surface area contributed by atoms with Crippen LogP contribution < -0.4 is 10.6 Å². The number of carbonyl (C=O) groups excluding carboxylic acids is 2. The Morgan fingerprint density at radius 1 is 1.22 bits per heavy atom. The zero-order valence-electron chi connectivity index (χ0n) is 15.6. The highest BCUT2D eigenvalue weighted by Gasteiger charge is 2.21. The number of amides is 2. The molecule has 1 aliphatic rings. The minimum Gasteiger partial charge on any atom is -0.355 e. The van der Waals surface area contributed by atoms with E-state index in [0.717, 1.165) is 44.5 Å². The Hall–Kier alpha value is -0.950. The number of carbonyl (C=O) groups is 2. The van der Waals surface area contributed by atoms with Crippen LogP contribution in [-0.2, 0) is 15.3 Å². The van der Waals surface area contributed by atoms with Gasteiger partial charge in [0.25, 0.3) is 0 Å². The van der Waals surface area contributed by atoms with E-state index in [1.807, 2.05) is 13.0 Å². The van der Waals surface area contributed by atoms with Crippen LogP contribution in [0.2, 0.25) is 10.0 Å². The van der Waals surface area contributed by atoms with Crippen molar-refractivity contribution in [1.29, 1.82) is 0 Å². The number of hydrogen-bond donors (Lipinski definition) is 2. The molecule has 150 valence electrons. The molecule has 27 heavy (non-hydrogen) atoms. The van der Waals surface area contributed by atoms with Crippen LogP contribution >= 0.6 is 35.0 Å². The summed E-state index contributed by atoms with van der Waals surface area (Å²) in [5.74, 6) is 1.20. The molecule has 1 heterocycles. The third kappa shape index (κ3) is 8.30. The van der Waals surface area contributed by atoms with Gasteiger partial charge in [0.1, 0.15) is 0 Å². The SMILES string of the molecule is CCCNC(=O)CN1CCC(NC(=O)CSCc2ccc(Cl)cc2Cl)CC1. The van der Waals surface area contributed by atoms with Crippen molar-refractivity contribution in [2.24, 2.45) is 0 Å². The predicted octanol–water partition coefficient (Wildman–Crippen LogP) is 3.33. The fourth-order valence-electron chi connectivity index (χ4n) is 2.92. The highest BCUT2D eigenvalue weighted by atomic mass is 35.5. The van der Waals surface area contributed by atoms with Crippen LogP contribution in [0.4, 0.5) is 0 Å². The van der Waals surface area contributed by atoms with Gasteiger partial charge in [-0.3, -0.25) is 14.5 Å². The Morgan fingerprint density at radius 2 is 1.96 bits per heavy atom. The van der Waals surface area contributed by atoms with Crippen molar-refractivity contribution in [2.75, 3.05) is 31.9 Å². The molecule has 8 heteroatoms. The van der Waals surface area contributed by atoms with E-state index in [9.17, 15) is 9.59 Å². The largest absolute Gasteiger partial charge is 0.355 e. The van der Waals surface area contributed by atoms with E-state index in [4.69, 9.17) is 23.2 Å². The molecule has 1 aromatic carbocycles. The van der Waals surface area contributed by atoms with Crippen LogP contribution in [0.1, 0.15) is 31.7 Å². The highest BCUT2D eigenvalue weighted by molar-refractivity contribution is 7.99. The topological polar surface area (TPSA) is 61.4 Å². The van der Waals surface area contributed by atoms with E-state index >= 15 is 0 Å². The van der Waals surface area contributed by atoms with Gasteiger partial charge in [-0.25, -0.2) is 0 Å². The molecule has 2 amide bonds. The molecule has 0 spiro atoms. The first-order chi connectivity index (χ1) is 13.0. The molecule has 2 N–H and O–H groups in total. The Bertz CT molecular complexity index is 637. The first-order valence-corrected chi connectivity index (χ1v) is 11.2. The number of rotatable bonds is 9. The van der Waals surface area contributed by atoms with Crippen molar-refractivity contribution in [3.8, 4) is 0 Å². The van der Waals surface area contributed by atoms with Gasteiger partial charge < -0.3 is 10.6 Å². The van der Waals surface area contributed by atoms with E-state index in [1.54, 1.807) is 12.1 Å². The number of nitrogens with zero attached hydrogens (tertiary/aromatic N) is 1. The highest BCUT2D eigenvalue weighted by Crippen LogP contribution is 2.24. The van der Waals surface area contributed by atoms with Crippen molar-refractivity contribution >= 4 is 46.8 Å². The lowest BCUT2D eigenvalue weighted by Crippen LogP contribution is -2.47. The summed E-state index contributed by atoms with van der Waals surface area (Å²) in [6.07, 6.45) is 2.70. The molecule has 1 fully saturated rings. The molecule has 0 atom stereocenters. The van der Waals surface area contributed by atoms with Crippen molar-refractivity contribution in [1.82, 2.24) is 15.5 Å². The number of thioether (sulfide) groups is 1. The standard InChI is InChI=1S/C19H27Cl2N3O2S/c1-2-7-22-18(25)11-24-8-5-16(6-9-24)23-19(26)13-27-12-14-3-4-15(20)10-17(14)21/h3-4,10,16H,2,5-9,11-13H2,1H3,(H,22,25)(H,23,26). The van der Waals surface area contributed by atoms with Crippen LogP contribution in [0.5, 0.6) is 0 Å². The maximum Gasteiger partial charge on any atom is 0.234 e. The van der Waals surface area contributed by atoms with E-state index < -0.39 is 0 Å². The molecule has 0 aliphatic carbocycles. The van der Waals surface area contributed by atoms with Gasteiger partial charge in [-0.15, -0.1) is 11.8 Å². The van der Waals surface area contributed by atoms with Crippen molar-refractivity contribution in [2.45, 2.75) is 38.0 Å². The lowest BCUT2D eigenvalue weighted by Gasteiger charge is -2.31. The van der Waals surface area contributed by atoms with E-state index in [-0.39, 0.29) is 17.9 Å². The van der Waals surface area contributed by atoms with Gasteiger partial charge in [0, 0.05) is 41.5 Å². The van der Waals surface area contributed by atoms with Gasteiger partial charge >= 0.3 is 0 Å². The van der Waals surface area contributed by atoms with Gasteiger partial charge in [-0.1, -0.05) is 36.2 Å². The summed E-state index contributed by atoms with van der Waals surface area (Å²) in [5.41, 5.74) is 0.980. The minimum absolute atomic E-state index is 0.0456. The second kappa shape index (κ2) is 11.8. The predicted molar refractivity (Wildman–Crippen MR) is 114 cm³/mol. The van der Waals surface area contributed by atoms with Crippen LogP contribution in [0, 0.1) is 0 Å². The zero-order chi connectivity index (χ0) is 19.6. The Morgan fingerprint density at radius 3 is 2.63 bits per heavy atom. The lowest BCUT2D eigenvalue weighted by molar-refractivity contribution is -0.123. The van der Waals surface area contributed by atoms with E-state index in [0.29, 0.717) is 28.1 Å². The number of hydrogen-bond acceptors (Lipinski definition) is 4. The molecule has 1 saturated heterocycles. The molecular weight excluding hydrogens is 405 g/mol. The van der Waals surface area contributed by atoms with E-state index in [1.165, 1.54) is 11.8 Å². The summed E-state index contributed by atoms with van der Waals surface area (Å²) in [6, 6.07) is 5.60. The normalized spacial score (nSPS) is 15.5. The van der Waals surface area contributed by atoms with Crippen LogP contribution in [0.15, 0.2) is 18.2 Å². The molecule has 2 rings (SSSR count). The first kappa shape index (κ1) is 22.3. The molecule has 0 unspecified atom stereocenters. The number of likely N-dealkylation sites (tertiary alicyclic amines) is 1. The summed E-state index contributed by atoms with van der Waals surface area (Å²) >= 11 is 13.6. The smallest absolute Gasteiger partial charge is 0.234 e. The number of benzene rings is 1. The molecule has 0 saturated carbocycles. The molecule has 0 radical (unpaired) electrons. The maximum atomic E-state index is 12.2. The molecule has 1 aliphatic heterocycles. The molecule has 1 aromatic rings. The third-order valence-electron chi connectivity index (χ3n) is 4.40. The van der Waals surface area contributed by atoms with E-state index in [2.05, 4.69) is 15.5 Å². The Kier molecular flexibility index (Phi) is 9.76. The summed E-state index contributed by atoms with van der Waals surface area (Å²) in [6.45, 7) is 4.87. The Balaban J connectivity index is 1.62. The van der Waals surface area contributed by atoms with Gasteiger partial charge in [-0.05, 0) is 37.0 Å². The van der Waals surface area contributed by atoms with Crippen molar-refractivity contribution in [3.05, 3.63) is 33.8 Å². The monoisotopic (exact) mass is 431 g/mol. The summed E-state index contributed by atoms with van der Waals surface area (Å²) < 4.78 is 0. The first-order valence-electron chi connectivity index (χ1n) is 9.28. The zero-order valence-corrected chi connectivity index (χ0v) is 17.9. The van der Waals surface area contributed by atoms with Crippen LogP contribution in [0.3, 0.4) is 0 Å². The second-order valence-electron chi connectivity index (χ2n) is 6.70. The van der Waals surface area contributed by atoms with Crippen molar-refractivity contribution in [3.63, 3.8) is 0 Å². The molecule has 0 bridgehead atoms. The van der Waals surface area contributed by atoms with Crippen LogP contribution in [-0.4, -0.2) is 54.7 Å². The summed E-state index contributed by atoms with van der Waals surface area (Å²) in [4.78, 5) is 26.1. The fraction of sp³-hybridized carbons (Fsp3) is 0.579. The van der Waals surface area contributed by atoms with Gasteiger partial charge in [0.15, 0.2) is 0 Å². The Labute approximate surface area is 175 Å². The van der Waals surface area contributed by atoms with Crippen molar-refractivity contribution < 1.29 is 9.59 Å². The summed E-state index contributed by atoms with van der Waals surface area (Å²) in [7, 11) is 0. The van der Waals surface area contributed by atoms with Crippen LogP contribution in [0.25, 0.3) is 0 Å². The molecule has 0 aromatic heterocycles.